The van der Waals surface area contributed by atoms with Crippen molar-refractivity contribution in [2.45, 2.75) is 45.7 Å². The third-order valence-corrected chi connectivity index (χ3v) is 2.13. The first-order valence-electron chi connectivity index (χ1n) is 5.01. The van der Waals surface area contributed by atoms with Crippen LogP contribution in [0.4, 0.5) is 0 Å². The molecule has 0 aromatic carbocycles. The van der Waals surface area contributed by atoms with E-state index in [2.05, 4.69) is 37.9 Å². The third-order valence-electron chi connectivity index (χ3n) is 2.13. The van der Waals surface area contributed by atoms with E-state index in [0.717, 1.165) is 6.04 Å². The zero-order valence-corrected chi connectivity index (χ0v) is 8.85. The van der Waals surface area contributed by atoms with Crippen molar-refractivity contribution in [2.24, 2.45) is 0 Å². The number of hydrogen-bond acceptors (Lipinski definition) is 2. The first-order chi connectivity index (χ1) is 5.51. The second-order valence-corrected chi connectivity index (χ2v) is 4.85. The van der Waals surface area contributed by atoms with E-state index >= 15 is 0 Å². The smallest absolute Gasteiger partial charge is 0.0327 e. The summed E-state index contributed by atoms with van der Waals surface area (Å²) < 4.78 is 0. The molecule has 0 aromatic heterocycles. The minimum Gasteiger partial charge on any atom is -0.307 e. The van der Waals surface area contributed by atoms with Gasteiger partial charge in [-0.15, -0.1) is 0 Å². The van der Waals surface area contributed by atoms with E-state index in [1.54, 1.807) is 0 Å². The van der Waals surface area contributed by atoms with Gasteiger partial charge in [-0.3, -0.25) is 0 Å². The highest BCUT2D eigenvalue weighted by Gasteiger charge is 2.28. The summed E-state index contributed by atoms with van der Waals surface area (Å²) in [5, 5.41) is 3.60. The summed E-state index contributed by atoms with van der Waals surface area (Å²) in [6.45, 7) is 12.7. The number of nitrogens with one attached hydrogen (secondary N) is 1. The van der Waals surface area contributed by atoms with Crippen molar-refractivity contribution < 1.29 is 0 Å². The van der Waals surface area contributed by atoms with Gasteiger partial charge < -0.3 is 10.2 Å². The molecular formula is C10H22N2. The average molecular weight is 170 g/mol. The molecule has 1 fully saturated rings. The van der Waals surface area contributed by atoms with Gasteiger partial charge in [-0.2, -0.15) is 0 Å². The fourth-order valence-electron chi connectivity index (χ4n) is 1.77. The molecule has 0 saturated carbocycles. The van der Waals surface area contributed by atoms with Crippen LogP contribution >= 0.6 is 0 Å². The predicted octanol–water partition coefficient (Wildman–Crippen LogP) is 1.47. The summed E-state index contributed by atoms with van der Waals surface area (Å²) in [7, 11) is 0. The molecule has 1 N–H and O–H groups in total. The SMILES string of the molecule is CCCN1CC(NC(C)(C)C)C1. The topological polar surface area (TPSA) is 15.3 Å². The summed E-state index contributed by atoms with van der Waals surface area (Å²) in [6.07, 6.45) is 1.28. The van der Waals surface area contributed by atoms with Gasteiger partial charge >= 0.3 is 0 Å². The first kappa shape index (κ1) is 10.0. The second kappa shape index (κ2) is 3.75. The number of rotatable bonds is 3. The zero-order chi connectivity index (χ0) is 9.19. The van der Waals surface area contributed by atoms with Crippen LogP contribution in [0.15, 0.2) is 0 Å². The predicted molar refractivity (Wildman–Crippen MR) is 53.4 cm³/mol. The average Bonchev–Trinajstić information content (AvgIpc) is 1.80. The Labute approximate surface area is 76.3 Å². The van der Waals surface area contributed by atoms with E-state index in [1.807, 2.05) is 0 Å². The molecule has 0 unspecified atom stereocenters. The molecule has 0 aliphatic carbocycles. The Balaban J connectivity index is 2.10. The molecule has 2 nitrogen and oxygen atoms in total. The summed E-state index contributed by atoms with van der Waals surface area (Å²) in [4.78, 5) is 2.50. The van der Waals surface area contributed by atoms with Crippen LogP contribution in [0.2, 0.25) is 0 Å². The number of likely N-dealkylation sites (tertiary alicyclic amines) is 1. The van der Waals surface area contributed by atoms with Crippen molar-refractivity contribution in [3.63, 3.8) is 0 Å². The van der Waals surface area contributed by atoms with Crippen LogP contribution in [0, 0.1) is 0 Å². The molecule has 1 aliphatic heterocycles. The van der Waals surface area contributed by atoms with Gasteiger partial charge in [0.1, 0.15) is 0 Å². The standard InChI is InChI=1S/C10H22N2/c1-5-6-12-7-9(8-12)11-10(2,3)4/h9,11H,5-8H2,1-4H3. The van der Waals surface area contributed by atoms with Crippen LogP contribution in [-0.2, 0) is 0 Å². The van der Waals surface area contributed by atoms with Gasteiger partial charge in [0, 0.05) is 24.7 Å². The summed E-state index contributed by atoms with van der Waals surface area (Å²) in [5.74, 6) is 0. The van der Waals surface area contributed by atoms with Crippen LogP contribution < -0.4 is 5.32 Å². The Bertz CT molecular complexity index is 131. The molecule has 1 saturated heterocycles. The molecule has 1 heterocycles. The van der Waals surface area contributed by atoms with Crippen LogP contribution in [0.3, 0.4) is 0 Å². The summed E-state index contributed by atoms with van der Waals surface area (Å²) in [5.41, 5.74) is 0.281. The Kier molecular flexibility index (Phi) is 3.13. The maximum atomic E-state index is 3.60. The van der Waals surface area contributed by atoms with Crippen molar-refractivity contribution in [1.29, 1.82) is 0 Å². The number of hydrogen-bond donors (Lipinski definition) is 1. The molecule has 0 radical (unpaired) electrons. The first-order valence-corrected chi connectivity index (χ1v) is 5.01. The molecule has 1 aliphatic rings. The lowest BCUT2D eigenvalue weighted by molar-refractivity contribution is 0.108. The van der Waals surface area contributed by atoms with Crippen LogP contribution in [0.5, 0.6) is 0 Å². The Morgan fingerprint density at radius 2 is 1.92 bits per heavy atom. The number of nitrogens with zero attached hydrogens (tertiary/aromatic N) is 1. The monoisotopic (exact) mass is 170 g/mol. The van der Waals surface area contributed by atoms with E-state index in [0.29, 0.717) is 0 Å². The van der Waals surface area contributed by atoms with Gasteiger partial charge in [0.2, 0.25) is 0 Å². The van der Waals surface area contributed by atoms with Gasteiger partial charge in [0.05, 0.1) is 0 Å². The van der Waals surface area contributed by atoms with Gasteiger partial charge in [0.15, 0.2) is 0 Å². The fraction of sp³-hybridized carbons (Fsp3) is 1.00. The summed E-state index contributed by atoms with van der Waals surface area (Å²) in [6, 6.07) is 0.733. The van der Waals surface area contributed by atoms with E-state index in [9.17, 15) is 0 Å². The molecule has 2 heteroatoms. The minimum atomic E-state index is 0.281. The fourth-order valence-corrected chi connectivity index (χ4v) is 1.77. The van der Waals surface area contributed by atoms with Crippen molar-refractivity contribution in [1.82, 2.24) is 10.2 Å². The Hall–Kier alpha value is -0.0800. The quantitative estimate of drug-likeness (QED) is 0.690. The van der Waals surface area contributed by atoms with Gasteiger partial charge in [0.25, 0.3) is 0 Å². The van der Waals surface area contributed by atoms with Crippen LogP contribution in [0.25, 0.3) is 0 Å². The maximum absolute atomic E-state index is 3.60. The van der Waals surface area contributed by atoms with Crippen molar-refractivity contribution in [3.8, 4) is 0 Å². The molecule has 0 bridgehead atoms. The highest BCUT2D eigenvalue weighted by atomic mass is 15.3. The van der Waals surface area contributed by atoms with Crippen molar-refractivity contribution in [2.75, 3.05) is 19.6 Å². The Morgan fingerprint density at radius 3 is 2.33 bits per heavy atom. The lowest BCUT2D eigenvalue weighted by Crippen LogP contribution is -2.61. The summed E-state index contributed by atoms with van der Waals surface area (Å²) >= 11 is 0. The molecule has 1 rings (SSSR count). The molecular weight excluding hydrogens is 148 g/mol. The Morgan fingerprint density at radius 1 is 1.33 bits per heavy atom. The van der Waals surface area contributed by atoms with E-state index in [4.69, 9.17) is 0 Å². The maximum Gasteiger partial charge on any atom is 0.0327 e. The lowest BCUT2D eigenvalue weighted by atomic mass is 10.0. The van der Waals surface area contributed by atoms with Crippen LogP contribution in [-0.4, -0.2) is 36.1 Å². The lowest BCUT2D eigenvalue weighted by Gasteiger charge is -2.43. The van der Waals surface area contributed by atoms with Crippen molar-refractivity contribution in [3.05, 3.63) is 0 Å². The van der Waals surface area contributed by atoms with Gasteiger partial charge in [-0.25, -0.2) is 0 Å². The second-order valence-electron chi connectivity index (χ2n) is 4.85. The van der Waals surface area contributed by atoms with Crippen molar-refractivity contribution >= 4 is 0 Å². The third kappa shape index (κ3) is 3.11. The van der Waals surface area contributed by atoms with E-state index < -0.39 is 0 Å². The normalized spacial score (nSPS) is 21.0. The van der Waals surface area contributed by atoms with Gasteiger partial charge in [-0.05, 0) is 33.7 Å². The molecule has 0 spiro atoms. The minimum absolute atomic E-state index is 0.281. The van der Waals surface area contributed by atoms with E-state index in [-0.39, 0.29) is 5.54 Å². The zero-order valence-electron chi connectivity index (χ0n) is 8.85. The molecule has 0 atom stereocenters. The molecule has 12 heavy (non-hydrogen) atoms. The molecule has 72 valence electrons. The highest BCUT2D eigenvalue weighted by Crippen LogP contribution is 2.11. The highest BCUT2D eigenvalue weighted by molar-refractivity contribution is 4.89. The molecule has 0 aromatic rings. The molecule has 0 amide bonds. The van der Waals surface area contributed by atoms with E-state index in [1.165, 1.54) is 26.1 Å². The largest absolute Gasteiger partial charge is 0.307 e. The van der Waals surface area contributed by atoms with Crippen LogP contribution in [0.1, 0.15) is 34.1 Å². The van der Waals surface area contributed by atoms with Gasteiger partial charge in [-0.1, -0.05) is 6.92 Å².